The molecule has 126 valence electrons. The number of carbonyl (C=O) groups excluding carboxylic acids is 1. The minimum atomic E-state index is -3.11. The van der Waals surface area contributed by atoms with Crippen molar-refractivity contribution < 1.29 is 13.2 Å². The number of hydrogen-bond acceptors (Lipinski definition) is 4. The van der Waals surface area contributed by atoms with Crippen molar-refractivity contribution in [1.82, 2.24) is 14.5 Å². The molecule has 1 N–H and O–H groups in total. The number of nitrogens with one attached hydrogen (secondary N) is 1. The Bertz CT molecular complexity index is 416. The van der Waals surface area contributed by atoms with E-state index in [0.717, 1.165) is 13.0 Å². The molecule has 1 amide bonds. The molecule has 0 rings (SSSR count). The molecule has 21 heavy (non-hydrogen) atoms. The third kappa shape index (κ3) is 9.06. The molecule has 0 aliphatic heterocycles. The summed E-state index contributed by atoms with van der Waals surface area (Å²) in [4.78, 5) is 15.8. The molecule has 0 radical (unpaired) electrons. The van der Waals surface area contributed by atoms with Crippen LogP contribution < -0.4 is 4.72 Å². The zero-order chi connectivity index (χ0) is 16.7. The number of rotatable bonds is 9. The lowest BCUT2D eigenvalue weighted by Gasteiger charge is -2.26. The van der Waals surface area contributed by atoms with Crippen LogP contribution >= 0.6 is 0 Å². The Hall–Kier alpha value is -0.660. The van der Waals surface area contributed by atoms with Gasteiger partial charge in [0.2, 0.25) is 15.9 Å². The summed E-state index contributed by atoms with van der Waals surface area (Å²) in [6.45, 7) is 9.98. The van der Waals surface area contributed by atoms with E-state index in [1.165, 1.54) is 0 Å². The summed E-state index contributed by atoms with van der Waals surface area (Å²) >= 11 is 0. The van der Waals surface area contributed by atoms with Crippen LogP contribution in [-0.4, -0.2) is 70.2 Å². The van der Waals surface area contributed by atoms with Crippen molar-refractivity contribution in [3.63, 3.8) is 0 Å². The molecule has 7 heteroatoms. The van der Waals surface area contributed by atoms with Crippen LogP contribution in [0.15, 0.2) is 0 Å². The van der Waals surface area contributed by atoms with Crippen molar-refractivity contribution >= 4 is 15.9 Å². The lowest BCUT2D eigenvalue weighted by atomic mass is 9.95. The predicted octanol–water partition coefficient (Wildman–Crippen LogP) is 0.752. The van der Waals surface area contributed by atoms with Gasteiger partial charge in [-0.3, -0.25) is 4.79 Å². The van der Waals surface area contributed by atoms with Crippen molar-refractivity contribution in [2.75, 3.05) is 46.0 Å². The van der Waals surface area contributed by atoms with Crippen molar-refractivity contribution in [3.05, 3.63) is 0 Å². The van der Waals surface area contributed by atoms with E-state index in [1.54, 1.807) is 11.8 Å². The molecule has 0 saturated carbocycles. The van der Waals surface area contributed by atoms with Crippen LogP contribution in [0.25, 0.3) is 0 Å². The number of carbonyl (C=O) groups is 1. The van der Waals surface area contributed by atoms with Crippen LogP contribution in [0.3, 0.4) is 0 Å². The zero-order valence-electron chi connectivity index (χ0n) is 14.3. The molecule has 0 spiro atoms. The van der Waals surface area contributed by atoms with E-state index in [1.807, 2.05) is 34.9 Å². The van der Waals surface area contributed by atoms with Crippen LogP contribution in [0, 0.1) is 5.41 Å². The van der Waals surface area contributed by atoms with E-state index >= 15 is 0 Å². The maximum atomic E-state index is 12.0. The molecule has 0 saturated heterocycles. The monoisotopic (exact) mass is 321 g/mol. The smallest absolute Gasteiger partial charge is 0.227 e. The molecule has 0 aliphatic carbocycles. The SMILES string of the molecule is CCS(=O)(=O)NCCN(C)CCCN(C)C(=O)C(C)(C)C. The minimum Gasteiger partial charge on any atom is -0.345 e. The fourth-order valence-corrected chi connectivity index (χ4v) is 2.46. The summed E-state index contributed by atoms with van der Waals surface area (Å²) in [5.41, 5.74) is -0.348. The van der Waals surface area contributed by atoms with Crippen molar-refractivity contribution in [3.8, 4) is 0 Å². The van der Waals surface area contributed by atoms with E-state index < -0.39 is 10.0 Å². The molecule has 0 aromatic carbocycles. The second kappa shape index (κ2) is 8.70. The molecular weight excluding hydrogens is 290 g/mol. The molecular formula is C14H31N3O3S. The number of amides is 1. The highest BCUT2D eigenvalue weighted by Crippen LogP contribution is 2.16. The van der Waals surface area contributed by atoms with Crippen molar-refractivity contribution in [2.45, 2.75) is 34.1 Å². The Morgan fingerprint density at radius 3 is 2.14 bits per heavy atom. The quantitative estimate of drug-likeness (QED) is 0.680. The van der Waals surface area contributed by atoms with Crippen LogP contribution in [0.2, 0.25) is 0 Å². The average Bonchev–Trinajstić information content (AvgIpc) is 2.36. The first kappa shape index (κ1) is 20.3. The maximum absolute atomic E-state index is 12.0. The molecule has 0 atom stereocenters. The van der Waals surface area contributed by atoms with Gasteiger partial charge < -0.3 is 9.80 Å². The zero-order valence-corrected chi connectivity index (χ0v) is 15.1. The lowest BCUT2D eigenvalue weighted by Crippen LogP contribution is -2.38. The number of nitrogens with zero attached hydrogens (tertiary/aromatic N) is 2. The Labute approximate surface area is 129 Å². The van der Waals surface area contributed by atoms with Gasteiger partial charge in [0, 0.05) is 32.1 Å². The summed E-state index contributed by atoms with van der Waals surface area (Å²) in [7, 11) is 0.666. The number of sulfonamides is 1. The topological polar surface area (TPSA) is 69.7 Å². The van der Waals surface area contributed by atoms with Gasteiger partial charge in [-0.1, -0.05) is 20.8 Å². The molecule has 0 aliphatic rings. The van der Waals surface area contributed by atoms with Gasteiger partial charge in [0.1, 0.15) is 0 Å². The Kier molecular flexibility index (Phi) is 8.43. The van der Waals surface area contributed by atoms with Gasteiger partial charge in [-0.15, -0.1) is 0 Å². The maximum Gasteiger partial charge on any atom is 0.227 e. The van der Waals surface area contributed by atoms with E-state index in [2.05, 4.69) is 9.62 Å². The summed E-state index contributed by atoms with van der Waals surface area (Å²) in [5.74, 6) is 0.247. The second-order valence-electron chi connectivity index (χ2n) is 6.43. The van der Waals surface area contributed by atoms with Crippen LogP contribution in [0.5, 0.6) is 0 Å². The first-order valence-corrected chi connectivity index (χ1v) is 9.06. The lowest BCUT2D eigenvalue weighted by molar-refractivity contribution is -0.138. The highest BCUT2D eigenvalue weighted by atomic mass is 32.2. The minimum absolute atomic E-state index is 0.108. The molecule has 6 nitrogen and oxygen atoms in total. The van der Waals surface area contributed by atoms with Crippen LogP contribution in [-0.2, 0) is 14.8 Å². The molecule has 0 aromatic heterocycles. The first-order chi connectivity index (χ1) is 9.49. The largest absolute Gasteiger partial charge is 0.345 e. The van der Waals surface area contributed by atoms with Gasteiger partial charge in [-0.25, -0.2) is 13.1 Å². The van der Waals surface area contributed by atoms with Gasteiger partial charge >= 0.3 is 0 Å². The van der Waals surface area contributed by atoms with Crippen LogP contribution in [0.1, 0.15) is 34.1 Å². The van der Waals surface area contributed by atoms with Gasteiger partial charge in [-0.2, -0.15) is 0 Å². The van der Waals surface area contributed by atoms with Gasteiger partial charge in [0.05, 0.1) is 5.75 Å². The van der Waals surface area contributed by atoms with Crippen molar-refractivity contribution in [2.24, 2.45) is 5.41 Å². The number of hydrogen-bond donors (Lipinski definition) is 1. The Morgan fingerprint density at radius 2 is 1.67 bits per heavy atom. The highest BCUT2D eigenvalue weighted by molar-refractivity contribution is 7.89. The highest BCUT2D eigenvalue weighted by Gasteiger charge is 2.24. The Balaban J connectivity index is 3.90. The predicted molar refractivity (Wildman–Crippen MR) is 86.7 cm³/mol. The Morgan fingerprint density at radius 1 is 1.10 bits per heavy atom. The van der Waals surface area contributed by atoms with Gasteiger partial charge in [0.15, 0.2) is 0 Å². The number of likely N-dealkylation sites (N-methyl/N-ethyl adjacent to an activating group) is 1. The molecule has 0 heterocycles. The van der Waals surface area contributed by atoms with Crippen molar-refractivity contribution in [1.29, 1.82) is 0 Å². The fraction of sp³-hybridized carbons (Fsp3) is 0.929. The van der Waals surface area contributed by atoms with E-state index in [-0.39, 0.29) is 17.1 Å². The van der Waals surface area contributed by atoms with E-state index in [0.29, 0.717) is 19.6 Å². The molecule has 0 aromatic rings. The standard InChI is InChI=1S/C14H31N3O3S/c1-7-21(19,20)15-9-12-16(5)10-8-11-17(6)13(18)14(2,3)4/h15H,7-12H2,1-6H3. The second-order valence-corrected chi connectivity index (χ2v) is 8.53. The summed E-state index contributed by atoms with van der Waals surface area (Å²) in [6.07, 6.45) is 0.870. The van der Waals surface area contributed by atoms with E-state index in [9.17, 15) is 13.2 Å². The summed E-state index contributed by atoms with van der Waals surface area (Å²) in [5, 5.41) is 0. The average molecular weight is 321 g/mol. The molecule has 0 unspecified atom stereocenters. The normalized spacial score (nSPS) is 12.7. The third-order valence-electron chi connectivity index (χ3n) is 3.22. The summed E-state index contributed by atoms with van der Waals surface area (Å²) in [6, 6.07) is 0. The summed E-state index contributed by atoms with van der Waals surface area (Å²) < 4.78 is 25.1. The third-order valence-corrected chi connectivity index (χ3v) is 4.62. The fourth-order valence-electron chi connectivity index (χ4n) is 1.86. The van der Waals surface area contributed by atoms with Crippen LogP contribution in [0.4, 0.5) is 0 Å². The molecule has 0 bridgehead atoms. The van der Waals surface area contributed by atoms with E-state index in [4.69, 9.17) is 0 Å². The van der Waals surface area contributed by atoms with Gasteiger partial charge in [-0.05, 0) is 26.9 Å². The molecule has 0 fully saturated rings. The van der Waals surface area contributed by atoms with Gasteiger partial charge in [0.25, 0.3) is 0 Å². The first-order valence-electron chi connectivity index (χ1n) is 7.41.